The summed E-state index contributed by atoms with van der Waals surface area (Å²) in [5.41, 5.74) is 1.21. The minimum Gasteiger partial charge on any atom is -0.301 e. The Bertz CT molecular complexity index is 685. The van der Waals surface area contributed by atoms with Crippen LogP contribution in [0.3, 0.4) is 0 Å². The van der Waals surface area contributed by atoms with Crippen LogP contribution in [-0.2, 0) is 11.2 Å². The summed E-state index contributed by atoms with van der Waals surface area (Å²) in [5.74, 6) is 2.36. The second-order valence-electron chi connectivity index (χ2n) is 6.85. The van der Waals surface area contributed by atoms with E-state index >= 15 is 0 Å². The Hall–Kier alpha value is -1.75. The molecule has 4 nitrogen and oxygen atoms in total. The van der Waals surface area contributed by atoms with Crippen LogP contribution in [0.25, 0.3) is 0 Å². The molecule has 1 amide bonds. The fraction of sp³-hybridized carbons (Fsp3) is 0.500. The summed E-state index contributed by atoms with van der Waals surface area (Å²) < 4.78 is 0. The molecule has 1 aromatic heterocycles. The second-order valence-corrected chi connectivity index (χ2v) is 7.91. The number of amides is 1. The van der Waals surface area contributed by atoms with Gasteiger partial charge in [-0.25, -0.2) is 0 Å². The van der Waals surface area contributed by atoms with Gasteiger partial charge in [-0.05, 0) is 42.6 Å². The van der Waals surface area contributed by atoms with Gasteiger partial charge in [-0.2, -0.15) is 0 Å². The van der Waals surface area contributed by atoms with Crippen molar-refractivity contribution in [3.8, 4) is 0 Å². The van der Waals surface area contributed by atoms with Crippen molar-refractivity contribution in [2.45, 2.75) is 38.5 Å². The number of anilines is 1. The first-order chi connectivity index (χ1) is 11.3. The molecular formula is C18H21N3OS. The van der Waals surface area contributed by atoms with Crippen molar-refractivity contribution in [2.75, 3.05) is 5.32 Å². The molecule has 0 saturated heterocycles. The molecule has 2 bridgehead atoms. The summed E-state index contributed by atoms with van der Waals surface area (Å²) in [4.78, 5) is 12.2. The van der Waals surface area contributed by atoms with E-state index in [2.05, 4.69) is 27.6 Å². The third-order valence-corrected chi connectivity index (χ3v) is 6.08. The van der Waals surface area contributed by atoms with Gasteiger partial charge in [0.15, 0.2) is 0 Å². The maximum atomic E-state index is 12.2. The number of hydrogen-bond donors (Lipinski definition) is 1. The molecule has 1 aromatic carbocycles. The Morgan fingerprint density at radius 1 is 1.17 bits per heavy atom. The lowest BCUT2D eigenvalue weighted by atomic mass is 9.86. The van der Waals surface area contributed by atoms with Crippen molar-refractivity contribution >= 4 is 22.4 Å². The van der Waals surface area contributed by atoms with E-state index in [4.69, 9.17) is 0 Å². The fourth-order valence-corrected chi connectivity index (χ4v) is 4.97. The molecule has 3 atom stereocenters. The van der Waals surface area contributed by atoms with Crippen molar-refractivity contribution in [1.29, 1.82) is 0 Å². The first-order valence-corrected chi connectivity index (χ1v) is 9.24. The molecule has 0 aliphatic heterocycles. The highest BCUT2D eigenvalue weighted by atomic mass is 32.1. The number of nitrogens with zero attached hydrogens (tertiary/aromatic N) is 2. The molecule has 120 valence electrons. The number of nitrogens with one attached hydrogen (secondary N) is 1. The summed E-state index contributed by atoms with van der Waals surface area (Å²) in [6.07, 6.45) is 6.70. The normalized spacial score (nSPS) is 25.7. The van der Waals surface area contributed by atoms with Crippen LogP contribution in [-0.4, -0.2) is 16.1 Å². The van der Waals surface area contributed by atoms with Crippen molar-refractivity contribution in [1.82, 2.24) is 10.2 Å². The lowest BCUT2D eigenvalue weighted by Crippen LogP contribution is -2.20. The van der Waals surface area contributed by atoms with Gasteiger partial charge in [0.05, 0.1) is 0 Å². The Balaban J connectivity index is 1.31. The summed E-state index contributed by atoms with van der Waals surface area (Å²) in [6.45, 7) is 0. The van der Waals surface area contributed by atoms with E-state index in [1.807, 2.05) is 18.2 Å². The second kappa shape index (κ2) is 6.40. The van der Waals surface area contributed by atoms with Crippen LogP contribution < -0.4 is 5.32 Å². The first-order valence-electron chi connectivity index (χ1n) is 8.42. The predicted molar refractivity (Wildman–Crippen MR) is 91.3 cm³/mol. The van der Waals surface area contributed by atoms with Crippen molar-refractivity contribution < 1.29 is 4.79 Å². The van der Waals surface area contributed by atoms with Gasteiger partial charge in [0.2, 0.25) is 11.0 Å². The average Bonchev–Trinajstić information content (AvgIpc) is 3.26. The van der Waals surface area contributed by atoms with Crippen LogP contribution in [0.1, 0.15) is 42.7 Å². The third-order valence-electron chi connectivity index (χ3n) is 5.24. The number of benzene rings is 1. The highest BCUT2D eigenvalue weighted by Gasteiger charge is 2.40. The first kappa shape index (κ1) is 14.8. The molecule has 0 spiro atoms. The summed E-state index contributed by atoms with van der Waals surface area (Å²) in [6, 6.07) is 10.2. The van der Waals surface area contributed by atoms with Gasteiger partial charge in [0.25, 0.3) is 0 Å². The van der Waals surface area contributed by atoms with Gasteiger partial charge in [0, 0.05) is 12.8 Å². The number of fused-ring (bicyclic) bond motifs is 2. The Morgan fingerprint density at radius 3 is 2.78 bits per heavy atom. The molecule has 2 aromatic rings. The molecule has 1 N–H and O–H groups in total. The summed E-state index contributed by atoms with van der Waals surface area (Å²) in [5, 5.41) is 12.8. The monoisotopic (exact) mass is 327 g/mol. The van der Waals surface area contributed by atoms with Crippen LogP contribution in [0.15, 0.2) is 30.3 Å². The van der Waals surface area contributed by atoms with Crippen molar-refractivity contribution in [2.24, 2.45) is 17.8 Å². The molecule has 2 saturated carbocycles. The number of rotatable bonds is 5. The number of carbonyl (C=O) groups is 1. The lowest BCUT2D eigenvalue weighted by Gasteiger charge is -2.20. The SMILES string of the molecule is O=C(C[C@H]1C[C@H]2CC[C@H]1C2)Nc1nnc(Cc2ccccc2)s1. The molecule has 0 radical (unpaired) electrons. The maximum Gasteiger partial charge on any atom is 0.226 e. The van der Waals surface area contributed by atoms with Crippen LogP contribution in [0, 0.1) is 17.8 Å². The van der Waals surface area contributed by atoms with Gasteiger partial charge < -0.3 is 5.32 Å². The van der Waals surface area contributed by atoms with Crippen LogP contribution in [0.2, 0.25) is 0 Å². The lowest BCUT2D eigenvalue weighted by molar-refractivity contribution is -0.117. The predicted octanol–water partition coefficient (Wildman–Crippen LogP) is 3.89. The highest BCUT2D eigenvalue weighted by Crippen LogP contribution is 2.49. The Kier molecular flexibility index (Phi) is 4.12. The minimum atomic E-state index is 0.102. The van der Waals surface area contributed by atoms with Gasteiger partial charge in [-0.1, -0.05) is 48.1 Å². The van der Waals surface area contributed by atoms with Crippen LogP contribution in [0.4, 0.5) is 5.13 Å². The molecule has 0 unspecified atom stereocenters. The smallest absolute Gasteiger partial charge is 0.226 e. The Morgan fingerprint density at radius 2 is 2.04 bits per heavy atom. The summed E-state index contributed by atoms with van der Waals surface area (Å²) in [7, 11) is 0. The average molecular weight is 327 g/mol. The van der Waals surface area contributed by atoms with Gasteiger partial charge in [-0.3, -0.25) is 4.79 Å². The number of hydrogen-bond acceptors (Lipinski definition) is 4. The van der Waals surface area contributed by atoms with Crippen LogP contribution >= 0.6 is 11.3 Å². The van der Waals surface area contributed by atoms with Crippen LogP contribution in [0.5, 0.6) is 0 Å². The maximum absolute atomic E-state index is 12.2. The zero-order valence-electron chi connectivity index (χ0n) is 13.1. The Labute approximate surface area is 140 Å². The van der Waals surface area contributed by atoms with E-state index in [0.29, 0.717) is 17.5 Å². The molecule has 2 aliphatic carbocycles. The topological polar surface area (TPSA) is 54.9 Å². The van der Waals surface area contributed by atoms with E-state index in [0.717, 1.165) is 23.3 Å². The van der Waals surface area contributed by atoms with E-state index in [-0.39, 0.29) is 5.91 Å². The molecule has 2 aliphatic rings. The molecule has 23 heavy (non-hydrogen) atoms. The van der Waals surface area contributed by atoms with Crippen molar-refractivity contribution in [3.05, 3.63) is 40.9 Å². The number of carbonyl (C=O) groups excluding carboxylic acids is 1. The van der Waals surface area contributed by atoms with Crippen molar-refractivity contribution in [3.63, 3.8) is 0 Å². The zero-order valence-corrected chi connectivity index (χ0v) is 13.9. The van der Waals surface area contributed by atoms with Gasteiger partial charge in [-0.15, -0.1) is 10.2 Å². The molecule has 5 heteroatoms. The standard InChI is InChI=1S/C18H21N3OS/c22-16(11-15-9-13-6-7-14(15)8-13)19-18-21-20-17(23-18)10-12-4-2-1-3-5-12/h1-5,13-15H,6-11H2,(H,19,21,22)/t13-,14-,15+/m0/s1. The largest absolute Gasteiger partial charge is 0.301 e. The highest BCUT2D eigenvalue weighted by molar-refractivity contribution is 7.15. The van der Waals surface area contributed by atoms with E-state index in [9.17, 15) is 4.79 Å². The molecule has 2 fully saturated rings. The van der Waals surface area contributed by atoms with Gasteiger partial charge in [0.1, 0.15) is 5.01 Å². The van der Waals surface area contributed by atoms with Gasteiger partial charge >= 0.3 is 0 Å². The van der Waals surface area contributed by atoms with E-state index in [1.54, 1.807) is 0 Å². The number of aromatic nitrogens is 2. The van der Waals surface area contributed by atoms with E-state index < -0.39 is 0 Å². The minimum absolute atomic E-state index is 0.102. The summed E-state index contributed by atoms with van der Waals surface area (Å²) >= 11 is 1.48. The quantitative estimate of drug-likeness (QED) is 0.906. The molecule has 4 rings (SSSR count). The zero-order chi connectivity index (χ0) is 15.6. The molecular weight excluding hydrogens is 306 g/mol. The molecule has 1 heterocycles. The fourth-order valence-electron chi connectivity index (χ4n) is 4.18. The third kappa shape index (κ3) is 3.44. The van der Waals surface area contributed by atoms with E-state index in [1.165, 1.54) is 42.6 Å².